The summed E-state index contributed by atoms with van der Waals surface area (Å²) in [4.78, 5) is 0. The van der Waals surface area contributed by atoms with Gasteiger partial charge in [0.2, 0.25) is 0 Å². The smallest absolute Gasteiger partial charge is 0.0302 e. The summed E-state index contributed by atoms with van der Waals surface area (Å²) in [5.41, 5.74) is 8.56. The van der Waals surface area contributed by atoms with Crippen LogP contribution in [0.3, 0.4) is 0 Å². The number of thioether (sulfide) groups is 1. The molecule has 0 saturated heterocycles. The highest BCUT2D eigenvalue weighted by Crippen LogP contribution is 2.16. The van der Waals surface area contributed by atoms with Crippen LogP contribution in [0.1, 0.15) is 23.6 Å². The Morgan fingerprint density at radius 1 is 1.31 bits per heavy atom. The Morgan fingerprint density at radius 3 is 2.46 bits per heavy atom. The predicted octanol–water partition coefficient (Wildman–Crippen LogP) is 2.75. The van der Waals surface area contributed by atoms with Crippen molar-refractivity contribution in [1.29, 1.82) is 0 Å². The molecule has 1 aromatic carbocycles. The molecule has 2 N–H and O–H groups in total. The molecule has 72 valence electrons. The lowest BCUT2D eigenvalue weighted by Gasteiger charge is -2.10. The summed E-state index contributed by atoms with van der Waals surface area (Å²) in [6, 6.07) is 8.69. The Hall–Kier alpha value is -0.470. The maximum absolute atomic E-state index is 6.02. The Kier molecular flexibility index (Phi) is 4.33. The first-order valence-electron chi connectivity index (χ1n) is 4.55. The van der Waals surface area contributed by atoms with Crippen LogP contribution in [0, 0.1) is 6.92 Å². The minimum absolute atomic E-state index is 0.202. The standard InChI is InChI=1S/C11H17NS/c1-9-3-5-10(6-4-9)11(12)7-8-13-2/h3-6,11H,7-8,12H2,1-2H3. The van der Waals surface area contributed by atoms with E-state index in [1.165, 1.54) is 11.1 Å². The summed E-state index contributed by atoms with van der Waals surface area (Å²) in [6.45, 7) is 2.09. The van der Waals surface area contributed by atoms with Crippen molar-refractivity contribution in [3.8, 4) is 0 Å². The molecule has 1 aromatic rings. The van der Waals surface area contributed by atoms with E-state index in [0.717, 1.165) is 12.2 Å². The number of rotatable bonds is 4. The van der Waals surface area contributed by atoms with Crippen molar-refractivity contribution in [1.82, 2.24) is 0 Å². The van der Waals surface area contributed by atoms with Crippen molar-refractivity contribution in [3.63, 3.8) is 0 Å². The minimum Gasteiger partial charge on any atom is -0.324 e. The van der Waals surface area contributed by atoms with Gasteiger partial charge in [0.1, 0.15) is 0 Å². The van der Waals surface area contributed by atoms with E-state index in [9.17, 15) is 0 Å². The molecular formula is C11H17NS. The van der Waals surface area contributed by atoms with E-state index in [-0.39, 0.29) is 6.04 Å². The molecule has 0 bridgehead atoms. The molecule has 0 aliphatic rings. The fourth-order valence-electron chi connectivity index (χ4n) is 1.23. The van der Waals surface area contributed by atoms with Crippen molar-refractivity contribution >= 4 is 11.8 Å². The lowest BCUT2D eigenvalue weighted by Crippen LogP contribution is -2.10. The lowest BCUT2D eigenvalue weighted by molar-refractivity contribution is 0.705. The normalized spacial score (nSPS) is 12.8. The maximum atomic E-state index is 6.02. The SMILES string of the molecule is CSCCC(N)c1ccc(C)cc1. The zero-order valence-electron chi connectivity index (χ0n) is 8.29. The quantitative estimate of drug-likeness (QED) is 0.799. The fraction of sp³-hybridized carbons (Fsp3) is 0.455. The molecule has 2 heteroatoms. The molecular weight excluding hydrogens is 178 g/mol. The van der Waals surface area contributed by atoms with E-state index in [2.05, 4.69) is 37.4 Å². The second-order valence-electron chi connectivity index (χ2n) is 3.30. The molecule has 0 heterocycles. The van der Waals surface area contributed by atoms with Gasteiger partial charge >= 0.3 is 0 Å². The molecule has 13 heavy (non-hydrogen) atoms. The van der Waals surface area contributed by atoms with Crippen LogP contribution in [-0.2, 0) is 0 Å². The van der Waals surface area contributed by atoms with E-state index in [1.54, 1.807) is 0 Å². The number of aryl methyl sites for hydroxylation is 1. The summed E-state index contributed by atoms with van der Waals surface area (Å²) < 4.78 is 0. The second-order valence-corrected chi connectivity index (χ2v) is 4.28. The third kappa shape index (κ3) is 3.41. The molecule has 1 atom stereocenters. The van der Waals surface area contributed by atoms with Gasteiger partial charge in [-0.1, -0.05) is 29.8 Å². The fourth-order valence-corrected chi connectivity index (χ4v) is 1.71. The summed E-state index contributed by atoms with van der Waals surface area (Å²) in [5.74, 6) is 1.13. The van der Waals surface area contributed by atoms with Crippen LogP contribution < -0.4 is 5.73 Å². The first kappa shape index (κ1) is 10.6. The number of hydrogen-bond acceptors (Lipinski definition) is 2. The molecule has 0 spiro atoms. The molecule has 0 radical (unpaired) electrons. The first-order valence-corrected chi connectivity index (χ1v) is 5.94. The maximum Gasteiger partial charge on any atom is 0.0302 e. The molecule has 0 aromatic heterocycles. The molecule has 0 aliphatic carbocycles. The zero-order chi connectivity index (χ0) is 9.68. The topological polar surface area (TPSA) is 26.0 Å². The third-order valence-electron chi connectivity index (χ3n) is 2.14. The van der Waals surface area contributed by atoms with Crippen LogP contribution in [0.15, 0.2) is 24.3 Å². The van der Waals surface area contributed by atoms with Crippen molar-refractivity contribution in [2.45, 2.75) is 19.4 Å². The van der Waals surface area contributed by atoms with Gasteiger partial charge in [-0.15, -0.1) is 0 Å². The van der Waals surface area contributed by atoms with E-state index >= 15 is 0 Å². The minimum atomic E-state index is 0.202. The molecule has 0 saturated carbocycles. The van der Waals surface area contributed by atoms with Crippen LogP contribution >= 0.6 is 11.8 Å². The first-order chi connectivity index (χ1) is 6.24. The van der Waals surface area contributed by atoms with Crippen molar-refractivity contribution in [2.75, 3.05) is 12.0 Å². The Morgan fingerprint density at radius 2 is 1.92 bits per heavy atom. The Balaban J connectivity index is 2.55. The molecule has 1 unspecified atom stereocenters. The average Bonchev–Trinajstić information content (AvgIpc) is 2.15. The van der Waals surface area contributed by atoms with Gasteiger partial charge in [-0.25, -0.2) is 0 Å². The van der Waals surface area contributed by atoms with E-state index in [0.29, 0.717) is 0 Å². The van der Waals surface area contributed by atoms with Gasteiger partial charge in [0.25, 0.3) is 0 Å². The van der Waals surface area contributed by atoms with Crippen LogP contribution in [0.25, 0.3) is 0 Å². The highest BCUT2D eigenvalue weighted by Gasteiger charge is 2.03. The number of benzene rings is 1. The highest BCUT2D eigenvalue weighted by atomic mass is 32.2. The third-order valence-corrected chi connectivity index (χ3v) is 2.78. The molecule has 1 nitrogen and oxygen atoms in total. The van der Waals surface area contributed by atoms with E-state index in [1.807, 2.05) is 11.8 Å². The number of nitrogens with two attached hydrogens (primary N) is 1. The Labute approximate surface area is 84.7 Å². The van der Waals surface area contributed by atoms with Gasteiger partial charge in [0, 0.05) is 6.04 Å². The van der Waals surface area contributed by atoms with Crippen LogP contribution in [0.2, 0.25) is 0 Å². The zero-order valence-corrected chi connectivity index (χ0v) is 9.10. The van der Waals surface area contributed by atoms with E-state index in [4.69, 9.17) is 5.73 Å². The van der Waals surface area contributed by atoms with Crippen LogP contribution in [-0.4, -0.2) is 12.0 Å². The van der Waals surface area contributed by atoms with Gasteiger partial charge in [-0.3, -0.25) is 0 Å². The lowest BCUT2D eigenvalue weighted by atomic mass is 10.0. The monoisotopic (exact) mass is 195 g/mol. The van der Waals surface area contributed by atoms with Gasteiger partial charge in [0.15, 0.2) is 0 Å². The second kappa shape index (κ2) is 5.30. The van der Waals surface area contributed by atoms with Crippen molar-refractivity contribution in [2.24, 2.45) is 5.73 Å². The number of hydrogen-bond donors (Lipinski definition) is 1. The van der Waals surface area contributed by atoms with Crippen molar-refractivity contribution in [3.05, 3.63) is 35.4 Å². The van der Waals surface area contributed by atoms with E-state index < -0.39 is 0 Å². The largest absolute Gasteiger partial charge is 0.324 e. The summed E-state index contributed by atoms with van der Waals surface area (Å²) in [6.07, 6.45) is 3.17. The van der Waals surface area contributed by atoms with Crippen LogP contribution in [0.4, 0.5) is 0 Å². The predicted molar refractivity (Wildman–Crippen MR) is 61.1 cm³/mol. The molecule has 0 fully saturated rings. The molecule has 0 amide bonds. The highest BCUT2D eigenvalue weighted by molar-refractivity contribution is 7.98. The summed E-state index contributed by atoms with van der Waals surface area (Å²) >= 11 is 1.85. The summed E-state index contributed by atoms with van der Waals surface area (Å²) in [7, 11) is 0. The Bertz CT molecular complexity index is 243. The van der Waals surface area contributed by atoms with Gasteiger partial charge in [-0.2, -0.15) is 11.8 Å². The summed E-state index contributed by atoms with van der Waals surface area (Å²) in [5, 5.41) is 0. The molecule has 1 rings (SSSR count). The van der Waals surface area contributed by atoms with Gasteiger partial charge in [-0.05, 0) is 30.9 Å². The molecule has 0 aliphatic heterocycles. The van der Waals surface area contributed by atoms with Crippen LogP contribution in [0.5, 0.6) is 0 Å². The average molecular weight is 195 g/mol. The van der Waals surface area contributed by atoms with Crippen molar-refractivity contribution < 1.29 is 0 Å². The van der Waals surface area contributed by atoms with Gasteiger partial charge in [0.05, 0.1) is 0 Å². The van der Waals surface area contributed by atoms with Gasteiger partial charge < -0.3 is 5.73 Å².